The number of likely N-dealkylation sites (tertiary alicyclic amines) is 1. The summed E-state index contributed by atoms with van der Waals surface area (Å²) in [7, 11) is 3.08. The van der Waals surface area contributed by atoms with Crippen LogP contribution in [0.4, 0.5) is 10.5 Å². The molecule has 1 aromatic heterocycles. The molecule has 10 heteroatoms. The summed E-state index contributed by atoms with van der Waals surface area (Å²) in [4.78, 5) is 44.4. The first-order valence-electron chi connectivity index (χ1n) is 12.8. The van der Waals surface area contributed by atoms with Gasteiger partial charge in [-0.25, -0.2) is 14.6 Å². The third-order valence-electron chi connectivity index (χ3n) is 6.99. The van der Waals surface area contributed by atoms with E-state index < -0.39 is 18.0 Å². The van der Waals surface area contributed by atoms with Crippen LogP contribution in [0.5, 0.6) is 0 Å². The number of esters is 1. The number of imidazole rings is 1. The normalized spacial score (nSPS) is 14.3. The maximum Gasteiger partial charge on any atom is 0.328 e. The molecule has 1 fully saturated rings. The topological polar surface area (TPSA) is 129 Å². The Morgan fingerprint density at radius 2 is 1.87 bits per heavy atom. The van der Waals surface area contributed by atoms with Crippen LogP contribution in [0.15, 0.2) is 55.0 Å². The van der Waals surface area contributed by atoms with Crippen LogP contribution >= 0.6 is 0 Å². The predicted octanol–water partition coefficient (Wildman–Crippen LogP) is 3.53. The summed E-state index contributed by atoms with van der Waals surface area (Å²) in [6.07, 6.45) is 5.23. The Balaban J connectivity index is 1.38. The fraction of sp³-hybridized carbons (Fsp3) is 0.345. The molecule has 0 saturated carbocycles. The molecule has 0 radical (unpaired) electrons. The van der Waals surface area contributed by atoms with Crippen molar-refractivity contribution in [3.05, 3.63) is 82.9 Å². The summed E-state index contributed by atoms with van der Waals surface area (Å²) in [6.45, 7) is 3.07. The minimum absolute atomic E-state index is 0.0978. The lowest BCUT2D eigenvalue weighted by molar-refractivity contribution is -0.142. The van der Waals surface area contributed by atoms with E-state index in [0.717, 1.165) is 18.4 Å². The van der Waals surface area contributed by atoms with E-state index in [0.29, 0.717) is 41.5 Å². The van der Waals surface area contributed by atoms with Gasteiger partial charge in [0.2, 0.25) is 0 Å². The molecule has 202 valence electrons. The number of piperidine rings is 1. The Morgan fingerprint density at radius 3 is 2.49 bits per heavy atom. The number of aryl methyl sites for hydroxylation is 2. The summed E-state index contributed by atoms with van der Waals surface area (Å²) in [5.41, 5.74) is 4.19. The van der Waals surface area contributed by atoms with Crippen molar-refractivity contribution in [3.8, 4) is 6.07 Å². The number of carbonyl (C=O) groups is 3. The molecule has 2 heterocycles. The second-order valence-electron chi connectivity index (χ2n) is 9.74. The van der Waals surface area contributed by atoms with Gasteiger partial charge < -0.3 is 24.8 Å². The van der Waals surface area contributed by atoms with Gasteiger partial charge in [0.05, 0.1) is 30.8 Å². The Bertz CT molecular complexity index is 1380. The van der Waals surface area contributed by atoms with Crippen molar-refractivity contribution in [1.82, 2.24) is 19.8 Å². The molecule has 3 aromatic rings. The molecule has 2 N–H and O–H groups in total. The summed E-state index contributed by atoms with van der Waals surface area (Å²) in [5.74, 6) is -0.338. The number of nitrogens with zero attached hydrogens (tertiary/aromatic N) is 4. The summed E-state index contributed by atoms with van der Waals surface area (Å²) >= 11 is 0. The molecule has 39 heavy (non-hydrogen) atoms. The number of carbonyl (C=O) groups excluding carboxylic acids is 3. The van der Waals surface area contributed by atoms with Gasteiger partial charge in [-0.3, -0.25) is 4.79 Å². The number of urea groups is 1. The lowest BCUT2D eigenvalue weighted by Gasteiger charge is -2.32. The molecule has 0 spiro atoms. The van der Waals surface area contributed by atoms with Gasteiger partial charge in [-0.15, -0.1) is 0 Å². The zero-order valence-electron chi connectivity index (χ0n) is 22.3. The van der Waals surface area contributed by atoms with E-state index in [2.05, 4.69) is 21.7 Å². The molecule has 1 aliphatic heterocycles. The van der Waals surface area contributed by atoms with Crippen LogP contribution in [0.25, 0.3) is 0 Å². The molecular weight excluding hydrogens is 496 g/mol. The lowest BCUT2D eigenvalue weighted by atomic mass is 9.89. The van der Waals surface area contributed by atoms with E-state index >= 15 is 0 Å². The fourth-order valence-electron chi connectivity index (χ4n) is 4.75. The van der Waals surface area contributed by atoms with Gasteiger partial charge in [0.15, 0.2) is 0 Å². The highest BCUT2D eigenvalue weighted by Crippen LogP contribution is 2.29. The zero-order chi connectivity index (χ0) is 27.9. The lowest BCUT2D eigenvalue weighted by Crippen LogP contribution is -2.45. The molecule has 0 aliphatic carbocycles. The Kier molecular flexibility index (Phi) is 8.61. The molecule has 4 rings (SSSR count). The van der Waals surface area contributed by atoms with Crippen molar-refractivity contribution < 1.29 is 19.1 Å². The molecule has 2 aromatic carbocycles. The Hall–Kier alpha value is -4.65. The molecule has 10 nitrogen and oxygen atoms in total. The third kappa shape index (κ3) is 6.82. The fourth-order valence-corrected chi connectivity index (χ4v) is 4.75. The number of hydrogen-bond donors (Lipinski definition) is 2. The molecule has 0 bridgehead atoms. The van der Waals surface area contributed by atoms with Crippen molar-refractivity contribution in [2.75, 3.05) is 25.5 Å². The third-order valence-corrected chi connectivity index (χ3v) is 6.99. The van der Waals surface area contributed by atoms with Gasteiger partial charge in [0.25, 0.3) is 5.91 Å². The number of nitriles is 1. The number of ether oxygens (including phenoxy) is 1. The first-order chi connectivity index (χ1) is 18.8. The highest BCUT2D eigenvalue weighted by atomic mass is 16.5. The van der Waals surface area contributed by atoms with E-state index in [9.17, 15) is 14.4 Å². The standard InChI is InChI=1S/C29H32N6O4/c1-19-4-7-23(27(36)35-12-10-22(11-13-35)21-8-5-20(16-30)6-9-21)14-25(19)32-29(38)33-26(28(37)39-3)15-24-17-34(2)18-31-24/h4-9,14,17-18,22,26H,10-13,15H2,1-3H3,(H2,32,33,38)/t26-/m0/s1. The molecule has 1 aliphatic rings. The highest BCUT2D eigenvalue weighted by molar-refractivity contribution is 5.98. The van der Waals surface area contributed by atoms with Crippen LogP contribution in [0.2, 0.25) is 0 Å². The van der Waals surface area contributed by atoms with Gasteiger partial charge >= 0.3 is 12.0 Å². The van der Waals surface area contributed by atoms with E-state index in [1.165, 1.54) is 12.7 Å². The van der Waals surface area contributed by atoms with Gasteiger partial charge in [-0.2, -0.15) is 5.26 Å². The second-order valence-corrected chi connectivity index (χ2v) is 9.74. The van der Waals surface area contributed by atoms with E-state index in [1.54, 1.807) is 35.3 Å². The maximum absolute atomic E-state index is 13.3. The van der Waals surface area contributed by atoms with Gasteiger partial charge in [-0.1, -0.05) is 18.2 Å². The zero-order valence-corrected chi connectivity index (χ0v) is 22.3. The first kappa shape index (κ1) is 27.4. The molecular formula is C29H32N6O4. The van der Waals surface area contributed by atoms with Crippen molar-refractivity contribution in [1.29, 1.82) is 5.26 Å². The summed E-state index contributed by atoms with van der Waals surface area (Å²) in [5, 5.41) is 14.4. The quantitative estimate of drug-likeness (QED) is 0.452. The van der Waals surface area contributed by atoms with Crippen molar-refractivity contribution >= 4 is 23.6 Å². The van der Waals surface area contributed by atoms with E-state index in [-0.39, 0.29) is 12.3 Å². The van der Waals surface area contributed by atoms with Crippen LogP contribution in [0, 0.1) is 18.3 Å². The predicted molar refractivity (Wildman–Crippen MR) is 145 cm³/mol. The molecule has 0 unspecified atom stereocenters. The van der Waals surface area contributed by atoms with Crippen molar-refractivity contribution in [2.24, 2.45) is 7.05 Å². The first-order valence-corrected chi connectivity index (χ1v) is 12.8. The average molecular weight is 529 g/mol. The average Bonchev–Trinajstić information content (AvgIpc) is 3.37. The van der Waals surface area contributed by atoms with E-state index in [1.807, 2.05) is 43.1 Å². The SMILES string of the molecule is COC(=O)[C@H](Cc1cn(C)cn1)NC(=O)Nc1cc(C(=O)N2CCC(c3ccc(C#N)cc3)CC2)ccc1C. The van der Waals surface area contributed by atoms with Crippen LogP contribution in [-0.2, 0) is 23.0 Å². The maximum atomic E-state index is 13.3. The van der Waals surface area contributed by atoms with Gasteiger partial charge in [0.1, 0.15) is 6.04 Å². The van der Waals surface area contributed by atoms with Gasteiger partial charge in [0, 0.05) is 44.0 Å². The van der Waals surface area contributed by atoms with Crippen molar-refractivity contribution in [2.45, 2.75) is 38.1 Å². The van der Waals surface area contributed by atoms with Crippen LogP contribution < -0.4 is 10.6 Å². The minimum atomic E-state index is -0.924. The number of benzene rings is 2. The largest absolute Gasteiger partial charge is 0.467 e. The summed E-state index contributed by atoms with van der Waals surface area (Å²) in [6, 6.07) is 13.5. The number of rotatable bonds is 7. The number of aromatic nitrogens is 2. The smallest absolute Gasteiger partial charge is 0.328 e. The van der Waals surface area contributed by atoms with Crippen molar-refractivity contribution in [3.63, 3.8) is 0 Å². The minimum Gasteiger partial charge on any atom is -0.467 e. The second kappa shape index (κ2) is 12.3. The number of amides is 3. The van der Waals surface area contributed by atoms with E-state index in [4.69, 9.17) is 10.00 Å². The molecule has 1 saturated heterocycles. The van der Waals surface area contributed by atoms with Crippen LogP contribution in [0.3, 0.4) is 0 Å². The monoisotopic (exact) mass is 528 g/mol. The van der Waals surface area contributed by atoms with Crippen LogP contribution in [0.1, 0.15) is 51.5 Å². The molecule has 3 amide bonds. The number of nitrogens with one attached hydrogen (secondary N) is 2. The Morgan fingerprint density at radius 1 is 1.15 bits per heavy atom. The molecule has 1 atom stereocenters. The number of anilines is 1. The highest BCUT2D eigenvalue weighted by Gasteiger charge is 2.26. The number of methoxy groups -OCH3 is 1. The van der Waals surface area contributed by atoms with Crippen LogP contribution in [-0.4, -0.2) is 58.6 Å². The summed E-state index contributed by atoms with van der Waals surface area (Å²) < 4.78 is 6.61. The Labute approximate surface area is 227 Å². The van der Waals surface area contributed by atoms with Gasteiger partial charge in [-0.05, 0) is 61.1 Å². The number of hydrogen-bond acceptors (Lipinski definition) is 6.